The van der Waals surface area contributed by atoms with Gasteiger partial charge in [-0.05, 0) is 24.1 Å². The minimum atomic E-state index is -3.00. The van der Waals surface area contributed by atoms with Crippen LogP contribution in [0, 0.1) is 0 Å². The van der Waals surface area contributed by atoms with Crippen molar-refractivity contribution in [2.45, 2.75) is 19.9 Å². The van der Waals surface area contributed by atoms with Crippen LogP contribution in [0.4, 0.5) is 0 Å². The molecule has 0 saturated heterocycles. The van der Waals surface area contributed by atoms with Gasteiger partial charge in [-0.15, -0.1) is 0 Å². The highest BCUT2D eigenvalue weighted by Gasteiger charge is 2.09. The van der Waals surface area contributed by atoms with Crippen LogP contribution in [0.5, 0.6) is 5.75 Å². The molecule has 1 aromatic carbocycles. The Morgan fingerprint density at radius 2 is 2.06 bits per heavy atom. The van der Waals surface area contributed by atoms with E-state index >= 15 is 0 Å². The van der Waals surface area contributed by atoms with E-state index < -0.39 is 9.84 Å². The number of nitrogens with two attached hydrogens (primary N) is 1. The fraction of sp³-hybridized carbons (Fsp3) is 0.500. The Hall–Kier alpha value is -0.780. The highest BCUT2D eigenvalue weighted by molar-refractivity contribution is 7.91. The Labute approximate surface area is 113 Å². The van der Waals surface area contributed by atoms with Crippen molar-refractivity contribution in [2.75, 3.05) is 18.1 Å². The fourth-order valence-electron chi connectivity index (χ4n) is 1.48. The maximum absolute atomic E-state index is 11.5. The van der Waals surface area contributed by atoms with Crippen molar-refractivity contribution in [2.24, 2.45) is 5.73 Å². The van der Waals surface area contributed by atoms with E-state index in [0.29, 0.717) is 23.7 Å². The quantitative estimate of drug-likeness (QED) is 0.834. The first-order valence-electron chi connectivity index (χ1n) is 5.80. The molecule has 0 amide bonds. The standard InChI is InChI=1S/C12H18ClNO3S/c1-2-6-18(15,16)7-5-17-11-4-3-10(9-14)12(13)8-11/h3-4,8H,2,5-7,9,14H2,1H3. The minimum absolute atomic E-state index is 0.0249. The lowest BCUT2D eigenvalue weighted by Gasteiger charge is -2.08. The molecule has 102 valence electrons. The van der Waals surface area contributed by atoms with Crippen LogP contribution in [0.2, 0.25) is 5.02 Å². The first-order chi connectivity index (χ1) is 8.48. The van der Waals surface area contributed by atoms with Crippen molar-refractivity contribution < 1.29 is 13.2 Å². The predicted octanol–water partition coefficient (Wildman–Crippen LogP) is 2.00. The van der Waals surface area contributed by atoms with Gasteiger partial charge in [0.15, 0.2) is 9.84 Å². The molecule has 0 radical (unpaired) electrons. The summed E-state index contributed by atoms with van der Waals surface area (Å²) >= 11 is 5.97. The van der Waals surface area contributed by atoms with Gasteiger partial charge in [0.05, 0.1) is 11.5 Å². The topological polar surface area (TPSA) is 69.4 Å². The van der Waals surface area contributed by atoms with E-state index in [0.717, 1.165) is 5.56 Å². The third-order valence-electron chi connectivity index (χ3n) is 2.42. The van der Waals surface area contributed by atoms with Crippen LogP contribution in [0.3, 0.4) is 0 Å². The summed E-state index contributed by atoms with van der Waals surface area (Å²) in [4.78, 5) is 0. The number of rotatable bonds is 7. The van der Waals surface area contributed by atoms with Gasteiger partial charge in [0.25, 0.3) is 0 Å². The Morgan fingerprint density at radius 3 is 2.61 bits per heavy atom. The van der Waals surface area contributed by atoms with Gasteiger partial charge in [-0.2, -0.15) is 0 Å². The third kappa shape index (κ3) is 4.84. The van der Waals surface area contributed by atoms with Gasteiger partial charge in [-0.1, -0.05) is 24.6 Å². The van der Waals surface area contributed by atoms with Crippen LogP contribution in [0.25, 0.3) is 0 Å². The molecule has 0 saturated carbocycles. The van der Waals surface area contributed by atoms with Crippen molar-refractivity contribution in [3.63, 3.8) is 0 Å². The van der Waals surface area contributed by atoms with E-state index in [4.69, 9.17) is 22.1 Å². The lowest BCUT2D eigenvalue weighted by molar-refractivity contribution is 0.341. The number of halogens is 1. The maximum Gasteiger partial charge on any atom is 0.153 e. The maximum atomic E-state index is 11.5. The van der Waals surface area contributed by atoms with E-state index in [1.54, 1.807) is 18.2 Å². The molecule has 0 aliphatic carbocycles. The molecule has 6 heteroatoms. The summed E-state index contributed by atoms with van der Waals surface area (Å²) in [6.45, 7) is 2.34. The second-order valence-corrected chi connectivity index (χ2v) is 6.67. The van der Waals surface area contributed by atoms with Gasteiger partial charge in [0.1, 0.15) is 12.4 Å². The zero-order chi connectivity index (χ0) is 13.6. The highest BCUT2D eigenvalue weighted by Crippen LogP contribution is 2.22. The van der Waals surface area contributed by atoms with Gasteiger partial charge in [-0.25, -0.2) is 8.42 Å². The summed E-state index contributed by atoms with van der Waals surface area (Å²) in [5.41, 5.74) is 6.32. The normalized spacial score (nSPS) is 11.5. The van der Waals surface area contributed by atoms with E-state index in [1.165, 1.54) is 0 Å². The Balaban J connectivity index is 2.52. The molecule has 2 N–H and O–H groups in total. The molecule has 0 aromatic heterocycles. The summed E-state index contributed by atoms with van der Waals surface area (Å²) < 4.78 is 28.3. The predicted molar refractivity (Wildman–Crippen MR) is 73.8 cm³/mol. The molecule has 1 aromatic rings. The summed E-state index contributed by atoms with van der Waals surface area (Å²) in [7, 11) is -3.00. The number of ether oxygens (including phenoxy) is 1. The molecule has 0 bridgehead atoms. The second-order valence-electron chi connectivity index (χ2n) is 3.96. The lowest BCUT2D eigenvalue weighted by Crippen LogP contribution is -2.16. The minimum Gasteiger partial charge on any atom is -0.492 e. The molecular formula is C12H18ClNO3S. The van der Waals surface area contributed by atoms with Gasteiger partial charge in [-0.3, -0.25) is 0 Å². The molecule has 4 nitrogen and oxygen atoms in total. The average Bonchev–Trinajstić information content (AvgIpc) is 2.29. The number of hydrogen-bond donors (Lipinski definition) is 1. The molecule has 0 heterocycles. The largest absolute Gasteiger partial charge is 0.492 e. The van der Waals surface area contributed by atoms with Crippen LogP contribution in [0.1, 0.15) is 18.9 Å². The van der Waals surface area contributed by atoms with Gasteiger partial charge in [0, 0.05) is 11.6 Å². The molecule has 0 unspecified atom stereocenters. The Kier molecular flexibility index (Phi) is 5.91. The first kappa shape index (κ1) is 15.3. The van der Waals surface area contributed by atoms with Crippen LogP contribution >= 0.6 is 11.6 Å². The molecule has 0 aliphatic heterocycles. The van der Waals surface area contributed by atoms with Gasteiger partial charge < -0.3 is 10.5 Å². The van der Waals surface area contributed by atoms with E-state index in [2.05, 4.69) is 0 Å². The summed E-state index contributed by atoms with van der Waals surface area (Å²) in [5.74, 6) is 0.782. The summed E-state index contributed by atoms with van der Waals surface area (Å²) in [6, 6.07) is 5.16. The molecule has 18 heavy (non-hydrogen) atoms. The average molecular weight is 292 g/mol. The fourth-order valence-corrected chi connectivity index (χ4v) is 2.89. The van der Waals surface area contributed by atoms with Crippen molar-refractivity contribution in [3.05, 3.63) is 28.8 Å². The SMILES string of the molecule is CCCS(=O)(=O)CCOc1ccc(CN)c(Cl)c1. The van der Waals surface area contributed by atoms with Crippen molar-refractivity contribution in [1.29, 1.82) is 0 Å². The highest BCUT2D eigenvalue weighted by atomic mass is 35.5. The van der Waals surface area contributed by atoms with E-state index in [9.17, 15) is 8.42 Å². The Morgan fingerprint density at radius 1 is 1.33 bits per heavy atom. The number of sulfone groups is 1. The summed E-state index contributed by atoms with van der Waals surface area (Å²) in [6.07, 6.45) is 0.624. The van der Waals surface area contributed by atoms with Crippen molar-refractivity contribution >= 4 is 21.4 Å². The second kappa shape index (κ2) is 6.97. The van der Waals surface area contributed by atoms with Gasteiger partial charge >= 0.3 is 0 Å². The monoisotopic (exact) mass is 291 g/mol. The smallest absolute Gasteiger partial charge is 0.153 e. The molecule has 1 rings (SSSR count). The number of benzene rings is 1. The zero-order valence-electron chi connectivity index (χ0n) is 10.4. The number of hydrogen-bond acceptors (Lipinski definition) is 4. The lowest BCUT2D eigenvalue weighted by atomic mass is 10.2. The molecule has 0 spiro atoms. The van der Waals surface area contributed by atoms with E-state index in [1.807, 2.05) is 6.92 Å². The summed E-state index contributed by atoms with van der Waals surface area (Å²) in [5, 5.41) is 0.534. The first-order valence-corrected chi connectivity index (χ1v) is 8.00. The molecule has 0 aliphatic rings. The van der Waals surface area contributed by atoms with Crippen LogP contribution < -0.4 is 10.5 Å². The van der Waals surface area contributed by atoms with Crippen molar-refractivity contribution in [1.82, 2.24) is 0 Å². The Bertz CT molecular complexity index is 488. The molecule has 0 atom stereocenters. The zero-order valence-corrected chi connectivity index (χ0v) is 11.9. The molecule has 0 fully saturated rings. The van der Waals surface area contributed by atoms with Crippen LogP contribution in [-0.4, -0.2) is 26.5 Å². The van der Waals surface area contributed by atoms with Crippen LogP contribution in [0.15, 0.2) is 18.2 Å². The van der Waals surface area contributed by atoms with Crippen LogP contribution in [-0.2, 0) is 16.4 Å². The molecular weight excluding hydrogens is 274 g/mol. The van der Waals surface area contributed by atoms with E-state index in [-0.39, 0.29) is 18.1 Å². The van der Waals surface area contributed by atoms with Gasteiger partial charge in [0.2, 0.25) is 0 Å². The van der Waals surface area contributed by atoms with Crippen molar-refractivity contribution in [3.8, 4) is 5.75 Å². The third-order valence-corrected chi connectivity index (χ3v) is 4.59.